The van der Waals surface area contributed by atoms with E-state index in [4.69, 9.17) is 19.5 Å². The SMILES string of the molecule is CCOP(=O)(OCC)c1ccccc1C(C)(OC(=O)CN)C(=O)CCc1ccc(-c2ccccc2)cc1. The van der Waals surface area contributed by atoms with E-state index in [1.165, 1.54) is 6.92 Å². The lowest BCUT2D eigenvalue weighted by Gasteiger charge is -2.32. The molecule has 37 heavy (non-hydrogen) atoms. The molecular weight excluding hydrogens is 489 g/mol. The van der Waals surface area contributed by atoms with Gasteiger partial charge in [0.25, 0.3) is 0 Å². The monoisotopic (exact) mass is 523 g/mol. The van der Waals surface area contributed by atoms with Gasteiger partial charge in [-0.05, 0) is 49.9 Å². The Kier molecular flexibility index (Phi) is 9.95. The number of ether oxygens (including phenoxy) is 1. The van der Waals surface area contributed by atoms with E-state index >= 15 is 0 Å². The highest BCUT2D eigenvalue weighted by Gasteiger charge is 2.44. The minimum atomic E-state index is -3.78. The van der Waals surface area contributed by atoms with Crippen molar-refractivity contribution >= 4 is 24.7 Å². The van der Waals surface area contributed by atoms with Crippen LogP contribution in [0.25, 0.3) is 11.1 Å². The van der Waals surface area contributed by atoms with Crippen molar-refractivity contribution in [3.05, 3.63) is 90.0 Å². The maximum absolute atomic E-state index is 13.7. The molecule has 3 aromatic carbocycles. The fourth-order valence-corrected chi connectivity index (χ4v) is 6.04. The first-order valence-corrected chi connectivity index (χ1v) is 13.9. The molecule has 0 aliphatic carbocycles. The summed E-state index contributed by atoms with van der Waals surface area (Å²) in [5.41, 5.74) is 7.18. The van der Waals surface area contributed by atoms with Crippen molar-refractivity contribution in [2.45, 2.75) is 39.2 Å². The molecule has 0 aliphatic heterocycles. The molecule has 3 rings (SSSR count). The number of rotatable bonds is 13. The summed E-state index contributed by atoms with van der Waals surface area (Å²) >= 11 is 0. The van der Waals surface area contributed by atoms with Crippen molar-refractivity contribution in [1.82, 2.24) is 0 Å². The van der Waals surface area contributed by atoms with E-state index in [2.05, 4.69) is 0 Å². The number of nitrogens with two attached hydrogens (primary N) is 1. The van der Waals surface area contributed by atoms with Crippen molar-refractivity contribution < 1.29 is 27.9 Å². The summed E-state index contributed by atoms with van der Waals surface area (Å²) in [7, 11) is -3.78. The summed E-state index contributed by atoms with van der Waals surface area (Å²) in [5.74, 6) is -1.10. The van der Waals surface area contributed by atoms with Gasteiger partial charge in [-0.1, -0.05) is 72.8 Å². The zero-order valence-electron chi connectivity index (χ0n) is 21.5. The summed E-state index contributed by atoms with van der Waals surface area (Å²) in [6, 6.07) is 24.5. The molecule has 0 aliphatic rings. The molecule has 2 N–H and O–H groups in total. The summed E-state index contributed by atoms with van der Waals surface area (Å²) in [6.07, 6.45) is 0.515. The number of hydrogen-bond donors (Lipinski definition) is 1. The number of ketones is 1. The number of esters is 1. The normalized spacial score (nSPS) is 13.1. The van der Waals surface area contributed by atoms with E-state index in [0.29, 0.717) is 6.42 Å². The van der Waals surface area contributed by atoms with Crippen LogP contribution in [-0.2, 0) is 40.0 Å². The second-order valence-electron chi connectivity index (χ2n) is 8.55. The average Bonchev–Trinajstić information content (AvgIpc) is 2.92. The van der Waals surface area contributed by atoms with Gasteiger partial charge in [0.15, 0.2) is 11.4 Å². The molecule has 0 radical (unpaired) electrons. The van der Waals surface area contributed by atoms with Gasteiger partial charge in [0, 0.05) is 12.0 Å². The Labute approximate surface area is 218 Å². The van der Waals surface area contributed by atoms with Crippen LogP contribution in [0.4, 0.5) is 0 Å². The highest BCUT2D eigenvalue weighted by Crippen LogP contribution is 2.49. The third-order valence-corrected chi connectivity index (χ3v) is 8.21. The van der Waals surface area contributed by atoms with Gasteiger partial charge in [-0.25, -0.2) is 0 Å². The van der Waals surface area contributed by atoms with Crippen LogP contribution in [0.3, 0.4) is 0 Å². The van der Waals surface area contributed by atoms with Crippen LogP contribution in [0.15, 0.2) is 78.9 Å². The van der Waals surface area contributed by atoms with E-state index < -0.39 is 25.7 Å². The van der Waals surface area contributed by atoms with Crippen LogP contribution < -0.4 is 11.0 Å². The Morgan fingerprint density at radius 1 is 0.838 bits per heavy atom. The summed E-state index contributed by atoms with van der Waals surface area (Å²) in [6.45, 7) is 4.78. The van der Waals surface area contributed by atoms with E-state index in [9.17, 15) is 14.2 Å². The molecule has 196 valence electrons. The first kappa shape index (κ1) is 28.5. The van der Waals surface area contributed by atoms with Gasteiger partial charge in [-0.2, -0.15) is 0 Å². The number of carbonyl (C=O) groups excluding carboxylic acids is 2. The molecule has 1 unspecified atom stereocenters. The van der Waals surface area contributed by atoms with Crippen molar-refractivity contribution in [1.29, 1.82) is 0 Å². The number of aryl methyl sites for hydroxylation is 1. The van der Waals surface area contributed by atoms with Gasteiger partial charge >= 0.3 is 13.6 Å². The molecule has 0 aromatic heterocycles. The third-order valence-electron chi connectivity index (χ3n) is 6.03. The first-order chi connectivity index (χ1) is 17.8. The van der Waals surface area contributed by atoms with E-state index in [-0.39, 0.29) is 36.3 Å². The number of hydrogen-bond acceptors (Lipinski definition) is 7. The van der Waals surface area contributed by atoms with Crippen molar-refractivity contribution in [3.8, 4) is 11.1 Å². The van der Waals surface area contributed by atoms with Gasteiger partial charge in [0.2, 0.25) is 0 Å². The molecule has 7 nitrogen and oxygen atoms in total. The molecular formula is C29H34NO6P. The van der Waals surface area contributed by atoms with Crippen LogP contribution in [0, 0.1) is 0 Å². The molecule has 3 aromatic rings. The smallest absolute Gasteiger partial charge is 0.361 e. The first-order valence-electron chi connectivity index (χ1n) is 12.4. The Bertz CT molecular complexity index is 1230. The quantitative estimate of drug-likeness (QED) is 0.244. The fraction of sp³-hybridized carbons (Fsp3) is 0.310. The molecule has 0 heterocycles. The Balaban J connectivity index is 1.91. The fourth-order valence-electron chi connectivity index (χ4n) is 4.15. The maximum atomic E-state index is 13.7. The predicted molar refractivity (Wildman–Crippen MR) is 145 cm³/mol. The Hall–Kier alpha value is -3.09. The lowest BCUT2D eigenvalue weighted by atomic mass is 9.87. The molecule has 1 atom stereocenters. The Morgan fingerprint density at radius 3 is 2.00 bits per heavy atom. The van der Waals surface area contributed by atoms with E-state index in [0.717, 1.165) is 16.7 Å². The minimum Gasteiger partial charge on any atom is -0.445 e. The van der Waals surface area contributed by atoms with Gasteiger partial charge < -0.3 is 19.5 Å². The van der Waals surface area contributed by atoms with Crippen molar-refractivity contribution in [2.24, 2.45) is 5.73 Å². The van der Waals surface area contributed by atoms with Crippen molar-refractivity contribution in [3.63, 3.8) is 0 Å². The molecule has 0 fully saturated rings. The van der Waals surface area contributed by atoms with Crippen LogP contribution in [0.1, 0.15) is 38.3 Å². The van der Waals surface area contributed by atoms with Gasteiger partial charge in [-0.3, -0.25) is 14.2 Å². The second-order valence-corrected chi connectivity index (χ2v) is 10.5. The summed E-state index contributed by atoms with van der Waals surface area (Å²) < 4.78 is 30.4. The maximum Gasteiger partial charge on any atom is 0.361 e. The Morgan fingerprint density at radius 2 is 1.41 bits per heavy atom. The van der Waals surface area contributed by atoms with Gasteiger partial charge in [0.1, 0.15) is 0 Å². The molecule has 0 amide bonds. The van der Waals surface area contributed by atoms with E-state index in [1.807, 2.05) is 54.6 Å². The average molecular weight is 524 g/mol. The zero-order chi connectivity index (χ0) is 26.9. The number of carbonyl (C=O) groups is 2. The van der Waals surface area contributed by atoms with Crippen LogP contribution in [0.2, 0.25) is 0 Å². The van der Waals surface area contributed by atoms with Crippen LogP contribution >= 0.6 is 7.60 Å². The number of Topliss-reactive ketones (excluding diaryl/α,β-unsaturated/α-hetero) is 1. The summed E-state index contributed by atoms with van der Waals surface area (Å²) in [4.78, 5) is 26.0. The minimum absolute atomic E-state index is 0.0843. The lowest BCUT2D eigenvalue weighted by Crippen LogP contribution is -2.43. The molecule has 0 bridgehead atoms. The topological polar surface area (TPSA) is 105 Å². The van der Waals surface area contributed by atoms with Gasteiger partial charge in [0.05, 0.1) is 25.1 Å². The summed E-state index contributed by atoms with van der Waals surface area (Å²) in [5, 5.41) is 0.187. The van der Waals surface area contributed by atoms with Crippen LogP contribution in [0.5, 0.6) is 0 Å². The largest absolute Gasteiger partial charge is 0.445 e. The predicted octanol–water partition coefficient (Wildman–Crippen LogP) is 5.16. The zero-order valence-corrected chi connectivity index (χ0v) is 22.4. The lowest BCUT2D eigenvalue weighted by molar-refractivity contribution is -0.165. The second kappa shape index (κ2) is 12.9. The molecule has 8 heteroatoms. The molecule has 0 saturated carbocycles. The highest BCUT2D eigenvalue weighted by atomic mass is 31.2. The van der Waals surface area contributed by atoms with Gasteiger partial charge in [-0.15, -0.1) is 0 Å². The standard InChI is InChI=1S/C29H34NO6P/c1-4-34-37(33,35-5-2)26-14-10-9-13-25(26)29(3,36-28(32)21-30)27(31)20-17-22-15-18-24(19-16-22)23-11-7-6-8-12-23/h6-16,18-19H,4-5,17,20-21,30H2,1-3H3. The molecule has 0 spiro atoms. The van der Waals surface area contributed by atoms with E-state index in [1.54, 1.807) is 38.1 Å². The third kappa shape index (κ3) is 6.82. The van der Waals surface area contributed by atoms with Crippen molar-refractivity contribution in [2.75, 3.05) is 19.8 Å². The molecule has 0 saturated heterocycles. The number of benzene rings is 3. The highest BCUT2D eigenvalue weighted by molar-refractivity contribution is 7.62. The van der Waals surface area contributed by atoms with Crippen LogP contribution in [-0.4, -0.2) is 31.5 Å².